The lowest BCUT2D eigenvalue weighted by atomic mass is 9.97. The van der Waals surface area contributed by atoms with Crippen LogP contribution in [0, 0.1) is 23.2 Å². The molecule has 14 heavy (non-hydrogen) atoms. The molecule has 0 aromatic rings. The lowest BCUT2D eigenvalue weighted by molar-refractivity contribution is -0.121. The van der Waals surface area contributed by atoms with E-state index in [4.69, 9.17) is 11.0 Å². The summed E-state index contributed by atoms with van der Waals surface area (Å²) in [7, 11) is 0. The van der Waals surface area contributed by atoms with E-state index in [2.05, 4.69) is 11.0 Å². The van der Waals surface area contributed by atoms with Crippen molar-refractivity contribution in [3.05, 3.63) is 0 Å². The number of carbonyl (C=O) groups excluding carboxylic acids is 1. The molecule has 2 N–H and O–H groups in total. The van der Waals surface area contributed by atoms with Crippen LogP contribution in [0.15, 0.2) is 0 Å². The summed E-state index contributed by atoms with van der Waals surface area (Å²) in [6, 6.07) is 2.28. The van der Waals surface area contributed by atoms with E-state index < -0.39 is 0 Å². The largest absolute Gasteiger partial charge is 0.369 e. The number of primary amides is 1. The molecule has 0 radical (unpaired) electrons. The van der Waals surface area contributed by atoms with Crippen molar-refractivity contribution in [2.45, 2.75) is 19.8 Å². The zero-order valence-corrected chi connectivity index (χ0v) is 8.57. The number of hydrogen-bond acceptors (Lipinski definition) is 3. The van der Waals surface area contributed by atoms with Gasteiger partial charge in [-0.3, -0.25) is 4.79 Å². The molecule has 1 amide bonds. The van der Waals surface area contributed by atoms with Gasteiger partial charge in [-0.25, -0.2) is 0 Å². The van der Waals surface area contributed by atoms with E-state index in [1.165, 1.54) is 0 Å². The van der Waals surface area contributed by atoms with Crippen LogP contribution in [0.2, 0.25) is 0 Å². The Kier molecular flexibility index (Phi) is 3.90. The molecule has 0 aromatic carbocycles. The molecule has 1 rings (SSSR count). The first-order valence-electron chi connectivity index (χ1n) is 5.04. The summed E-state index contributed by atoms with van der Waals surface area (Å²) in [5, 5.41) is 8.70. The molecule has 0 aliphatic carbocycles. The Hall–Kier alpha value is -1.08. The molecule has 4 nitrogen and oxygen atoms in total. The molecule has 0 bridgehead atoms. The van der Waals surface area contributed by atoms with E-state index in [0.29, 0.717) is 0 Å². The standard InChI is InChI=1S/C10H17N3O/c1-8(10(12)14)7-13-4-2-9(6-11)3-5-13/h8-9H,2-5,7H2,1H3,(H2,12,14). The highest BCUT2D eigenvalue weighted by atomic mass is 16.1. The molecule has 4 heteroatoms. The van der Waals surface area contributed by atoms with Crippen LogP contribution in [0.4, 0.5) is 0 Å². The van der Waals surface area contributed by atoms with Crippen LogP contribution in [0.3, 0.4) is 0 Å². The Morgan fingerprint density at radius 3 is 2.64 bits per heavy atom. The minimum Gasteiger partial charge on any atom is -0.369 e. The van der Waals surface area contributed by atoms with Gasteiger partial charge in [-0.05, 0) is 25.9 Å². The zero-order chi connectivity index (χ0) is 10.6. The highest BCUT2D eigenvalue weighted by molar-refractivity contribution is 5.76. The van der Waals surface area contributed by atoms with Gasteiger partial charge in [-0.1, -0.05) is 6.92 Å². The second-order valence-corrected chi connectivity index (χ2v) is 4.01. The molecule has 1 heterocycles. The number of amides is 1. The van der Waals surface area contributed by atoms with Gasteiger partial charge in [0.15, 0.2) is 0 Å². The molecule has 0 spiro atoms. The Balaban J connectivity index is 2.29. The SMILES string of the molecule is CC(CN1CCC(C#N)CC1)C(N)=O. The van der Waals surface area contributed by atoms with Crippen molar-refractivity contribution in [3.63, 3.8) is 0 Å². The van der Waals surface area contributed by atoms with Crippen LogP contribution in [0.5, 0.6) is 0 Å². The fourth-order valence-electron chi connectivity index (χ4n) is 1.72. The number of nitrogens with zero attached hydrogens (tertiary/aromatic N) is 2. The summed E-state index contributed by atoms with van der Waals surface area (Å²) >= 11 is 0. The molecule has 1 atom stereocenters. The maximum atomic E-state index is 10.8. The summed E-state index contributed by atoms with van der Waals surface area (Å²) in [6.07, 6.45) is 1.84. The first kappa shape index (κ1) is 11.0. The van der Waals surface area contributed by atoms with Crippen LogP contribution in [0.1, 0.15) is 19.8 Å². The Bertz CT molecular complexity index is 238. The second-order valence-electron chi connectivity index (χ2n) is 4.01. The van der Waals surface area contributed by atoms with Crippen LogP contribution < -0.4 is 5.73 Å². The van der Waals surface area contributed by atoms with Gasteiger partial charge in [0.25, 0.3) is 0 Å². The van der Waals surface area contributed by atoms with Crippen molar-refractivity contribution in [2.75, 3.05) is 19.6 Å². The maximum absolute atomic E-state index is 10.8. The Morgan fingerprint density at radius 1 is 1.64 bits per heavy atom. The van der Waals surface area contributed by atoms with Gasteiger partial charge < -0.3 is 10.6 Å². The molecule has 0 saturated carbocycles. The topological polar surface area (TPSA) is 70.1 Å². The number of piperidine rings is 1. The van der Waals surface area contributed by atoms with Gasteiger partial charge in [0.2, 0.25) is 5.91 Å². The van der Waals surface area contributed by atoms with Crippen molar-refractivity contribution in [3.8, 4) is 6.07 Å². The van der Waals surface area contributed by atoms with E-state index in [0.717, 1.165) is 32.5 Å². The molecule has 1 fully saturated rings. The lowest BCUT2D eigenvalue weighted by Gasteiger charge is -2.30. The van der Waals surface area contributed by atoms with Crippen LogP contribution in [-0.4, -0.2) is 30.4 Å². The van der Waals surface area contributed by atoms with E-state index in [-0.39, 0.29) is 17.7 Å². The number of nitriles is 1. The molecule has 78 valence electrons. The van der Waals surface area contributed by atoms with Crippen molar-refractivity contribution in [2.24, 2.45) is 17.6 Å². The van der Waals surface area contributed by atoms with E-state index in [9.17, 15) is 4.79 Å². The Labute approximate surface area is 84.7 Å². The van der Waals surface area contributed by atoms with Gasteiger partial charge in [-0.15, -0.1) is 0 Å². The van der Waals surface area contributed by atoms with Gasteiger partial charge in [0.1, 0.15) is 0 Å². The first-order chi connectivity index (χ1) is 6.63. The van der Waals surface area contributed by atoms with Gasteiger partial charge in [0.05, 0.1) is 6.07 Å². The van der Waals surface area contributed by atoms with E-state index >= 15 is 0 Å². The van der Waals surface area contributed by atoms with Crippen molar-refractivity contribution < 1.29 is 4.79 Å². The third kappa shape index (κ3) is 3.00. The van der Waals surface area contributed by atoms with Gasteiger partial charge >= 0.3 is 0 Å². The Morgan fingerprint density at radius 2 is 2.21 bits per heavy atom. The molecular weight excluding hydrogens is 178 g/mol. The lowest BCUT2D eigenvalue weighted by Crippen LogP contribution is -2.39. The average molecular weight is 195 g/mol. The third-order valence-corrected chi connectivity index (χ3v) is 2.79. The first-order valence-corrected chi connectivity index (χ1v) is 5.04. The normalized spacial score (nSPS) is 21.4. The predicted molar refractivity (Wildman–Crippen MR) is 53.1 cm³/mol. The number of likely N-dealkylation sites (tertiary alicyclic amines) is 1. The van der Waals surface area contributed by atoms with E-state index in [1.807, 2.05) is 6.92 Å². The van der Waals surface area contributed by atoms with Crippen LogP contribution in [-0.2, 0) is 4.79 Å². The summed E-state index contributed by atoms with van der Waals surface area (Å²) in [5.74, 6) is -0.129. The smallest absolute Gasteiger partial charge is 0.221 e. The zero-order valence-electron chi connectivity index (χ0n) is 8.57. The summed E-state index contributed by atoms with van der Waals surface area (Å²) in [4.78, 5) is 13.0. The average Bonchev–Trinajstić information content (AvgIpc) is 2.19. The number of rotatable bonds is 3. The highest BCUT2D eigenvalue weighted by Gasteiger charge is 2.21. The molecular formula is C10H17N3O. The van der Waals surface area contributed by atoms with Crippen molar-refractivity contribution in [1.82, 2.24) is 4.90 Å². The fourth-order valence-corrected chi connectivity index (χ4v) is 1.72. The quantitative estimate of drug-likeness (QED) is 0.706. The van der Waals surface area contributed by atoms with Crippen LogP contribution in [0.25, 0.3) is 0 Å². The highest BCUT2D eigenvalue weighted by Crippen LogP contribution is 2.16. The maximum Gasteiger partial charge on any atom is 0.221 e. The summed E-state index contributed by atoms with van der Waals surface area (Å²) in [6.45, 7) is 4.40. The monoisotopic (exact) mass is 195 g/mol. The van der Waals surface area contributed by atoms with E-state index in [1.54, 1.807) is 0 Å². The minimum absolute atomic E-state index is 0.0892. The third-order valence-electron chi connectivity index (χ3n) is 2.79. The molecule has 1 aliphatic rings. The molecule has 1 aliphatic heterocycles. The predicted octanol–water partition coefficient (Wildman–Crippen LogP) is 0.343. The van der Waals surface area contributed by atoms with Gasteiger partial charge in [-0.2, -0.15) is 5.26 Å². The summed E-state index contributed by atoms with van der Waals surface area (Å²) < 4.78 is 0. The molecule has 1 unspecified atom stereocenters. The molecule has 0 aromatic heterocycles. The number of carbonyl (C=O) groups is 1. The fraction of sp³-hybridized carbons (Fsp3) is 0.800. The minimum atomic E-state index is -0.243. The van der Waals surface area contributed by atoms with Gasteiger partial charge in [0, 0.05) is 18.4 Å². The van der Waals surface area contributed by atoms with Crippen molar-refractivity contribution in [1.29, 1.82) is 5.26 Å². The second kappa shape index (κ2) is 4.97. The number of nitrogens with two attached hydrogens (primary N) is 1. The van der Waals surface area contributed by atoms with Crippen molar-refractivity contribution >= 4 is 5.91 Å². The number of hydrogen-bond donors (Lipinski definition) is 1. The molecule has 1 saturated heterocycles. The van der Waals surface area contributed by atoms with Crippen LogP contribution >= 0.6 is 0 Å². The summed E-state index contributed by atoms with van der Waals surface area (Å²) in [5.41, 5.74) is 5.19.